The maximum atomic E-state index is 11.9. The molecule has 7 nitrogen and oxygen atoms in total. The molecule has 20 heavy (non-hydrogen) atoms. The molecule has 1 atom stereocenters. The molecule has 2 N–H and O–H groups in total. The summed E-state index contributed by atoms with van der Waals surface area (Å²) in [5, 5.41) is 4.86. The third-order valence-corrected chi connectivity index (χ3v) is 3.47. The number of piperidine rings is 1. The molecule has 2 rings (SSSR count). The summed E-state index contributed by atoms with van der Waals surface area (Å²) in [5.74, 6) is -0.203. The van der Waals surface area contributed by atoms with Gasteiger partial charge in [-0.2, -0.15) is 0 Å². The molecular formula is C13H21N3O4. The molecule has 2 aliphatic heterocycles. The summed E-state index contributed by atoms with van der Waals surface area (Å²) >= 11 is 0. The van der Waals surface area contributed by atoms with Crippen molar-refractivity contribution in [2.75, 3.05) is 13.1 Å². The molecule has 112 valence electrons. The summed E-state index contributed by atoms with van der Waals surface area (Å²) in [7, 11) is 0. The van der Waals surface area contributed by atoms with Gasteiger partial charge in [0.25, 0.3) is 5.91 Å². The lowest BCUT2D eigenvalue weighted by atomic mass is 9.89. The summed E-state index contributed by atoms with van der Waals surface area (Å²) < 4.78 is 5.31. The van der Waals surface area contributed by atoms with E-state index in [1.54, 1.807) is 4.90 Å². The topological polar surface area (TPSA) is 87.7 Å². The quantitative estimate of drug-likeness (QED) is 0.698. The summed E-state index contributed by atoms with van der Waals surface area (Å²) in [6.07, 6.45) is 1.03. The number of imide groups is 1. The summed E-state index contributed by atoms with van der Waals surface area (Å²) in [6, 6.07) is -0.905. The van der Waals surface area contributed by atoms with E-state index in [9.17, 15) is 14.4 Å². The molecule has 0 saturated carbocycles. The SMILES string of the molecule is CC(C)(C)OC(=O)N1CCC(C2NC(=O)NC2=O)CC1. The van der Waals surface area contributed by atoms with E-state index in [2.05, 4.69) is 10.6 Å². The minimum Gasteiger partial charge on any atom is -0.444 e. The first kappa shape index (κ1) is 14.6. The fourth-order valence-electron chi connectivity index (χ4n) is 2.51. The number of likely N-dealkylation sites (tertiary alicyclic amines) is 1. The Labute approximate surface area is 118 Å². The molecule has 2 fully saturated rings. The molecule has 1 unspecified atom stereocenters. The number of nitrogens with zero attached hydrogens (tertiary/aromatic N) is 1. The molecule has 0 aromatic carbocycles. The maximum Gasteiger partial charge on any atom is 0.410 e. The van der Waals surface area contributed by atoms with Gasteiger partial charge in [0.2, 0.25) is 0 Å². The average Bonchev–Trinajstić information content (AvgIpc) is 2.66. The molecule has 0 radical (unpaired) electrons. The molecular weight excluding hydrogens is 262 g/mol. The van der Waals surface area contributed by atoms with Crippen LogP contribution in [0.25, 0.3) is 0 Å². The monoisotopic (exact) mass is 283 g/mol. The zero-order valence-electron chi connectivity index (χ0n) is 12.1. The number of hydrogen-bond donors (Lipinski definition) is 2. The van der Waals surface area contributed by atoms with E-state index >= 15 is 0 Å². The number of hydrogen-bond acceptors (Lipinski definition) is 4. The zero-order chi connectivity index (χ0) is 14.9. The Balaban J connectivity index is 1.85. The van der Waals surface area contributed by atoms with Crippen molar-refractivity contribution in [1.29, 1.82) is 0 Å². The highest BCUT2D eigenvalue weighted by Crippen LogP contribution is 2.23. The number of amides is 4. The Hall–Kier alpha value is -1.79. The van der Waals surface area contributed by atoms with Gasteiger partial charge in [0.15, 0.2) is 0 Å². The average molecular weight is 283 g/mol. The number of nitrogens with one attached hydrogen (secondary N) is 2. The first-order valence-corrected chi connectivity index (χ1v) is 6.85. The fraction of sp³-hybridized carbons (Fsp3) is 0.769. The lowest BCUT2D eigenvalue weighted by molar-refractivity contribution is -0.121. The second-order valence-electron chi connectivity index (χ2n) is 6.25. The van der Waals surface area contributed by atoms with Crippen molar-refractivity contribution in [1.82, 2.24) is 15.5 Å². The molecule has 2 aliphatic rings. The van der Waals surface area contributed by atoms with E-state index in [4.69, 9.17) is 4.74 Å². The van der Waals surface area contributed by atoms with E-state index < -0.39 is 17.7 Å². The van der Waals surface area contributed by atoms with E-state index in [1.165, 1.54) is 0 Å². The van der Waals surface area contributed by atoms with Crippen LogP contribution in [0, 0.1) is 5.92 Å². The smallest absolute Gasteiger partial charge is 0.410 e. The standard InChI is InChI=1S/C13H21N3O4/c1-13(2,3)20-12(19)16-6-4-8(5-7-16)9-10(17)15-11(18)14-9/h8-9H,4-7H2,1-3H3,(H2,14,15,17,18). The van der Waals surface area contributed by atoms with Gasteiger partial charge in [-0.05, 0) is 39.5 Å². The number of urea groups is 1. The first-order valence-electron chi connectivity index (χ1n) is 6.85. The summed E-state index contributed by atoms with van der Waals surface area (Å²) in [4.78, 5) is 36.3. The zero-order valence-corrected chi connectivity index (χ0v) is 12.1. The minimum atomic E-state index is -0.507. The molecule has 0 bridgehead atoms. The number of carbonyl (C=O) groups excluding carboxylic acids is 3. The predicted octanol–water partition coefficient (Wildman–Crippen LogP) is 0.841. The third-order valence-electron chi connectivity index (χ3n) is 3.47. The van der Waals surface area contributed by atoms with Crippen LogP contribution in [0.4, 0.5) is 9.59 Å². The Bertz CT molecular complexity index is 422. The second-order valence-corrected chi connectivity index (χ2v) is 6.25. The second kappa shape index (κ2) is 5.30. The number of rotatable bonds is 1. The lowest BCUT2D eigenvalue weighted by Gasteiger charge is -2.34. The Morgan fingerprint density at radius 3 is 2.30 bits per heavy atom. The predicted molar refractivity (Wildman–Crippen MR) is 71.0 cm³/mol. The van der Waals surface area contributed by atoms with Gasteiger partial charge in [0.05, 0.1) is 0 Å². The molecule has 0 aromatic rings. The van der Waals surface area contributed by atoms with Gasteiger partial charge >= 0.3 is 12.1 Å². The minimum absolute atomic E-state index is 0.0696. The van der Waals surface area contributed by atoms with E-state index in [0.29, 0.717) is 25.9 Å². The number of ether oxygens (including phenoxy) is 1. The normalized spacial score (nSPS) is 24.4. The van der Waals surface area contributed by atoms with Crippen molar-refractivity contribution in [3.05, 3.63) is 0 Å². The van der Waals surface area contributed by atoms with Crippen molar-refractivity contribution >= 4 is 18.0 Å². The van der Waals surface area contributed by atoms with E-state index in [1.807, 2.05) is 20.8 Å². The highest BCUT2D eigenvalue weighted by molar-refractivity contribution is 6.04. The van der Waals surface area contributed by atoms with Crippen LogP contribution in [-0.2, 0) is 9.53 Å². The highest BCUT2D eigenvalue weighted by Gasteiger charge is 2.38. The van der Waals surface area contributed by atoms with Crippen LogP contribution in [0.5, 0.6) is 0 Å². The maximum absolute atomic E-state index is 11.9. The third kappa shape index (κ3) is 3.40. The van der Waals surface area contributed by atoms with Gasteiger partial charge in [-0.1, -0.05) is 0 Å². The van der Waals surface area contributed by atoms with Gasteiger partial charge in [-0.15, -0.1) is 0 Å². The van der Waals surface area contributed by atoms with Gasteiger partial charge in [-0.25, -0.2) is 9.59 Å². The van der Waals surface area contributed by atoms with Crippen LogP contribution in [-0.4, -0.2) is 47.7 Å². The molecule has 2 saturated heterocycles. The van der Waals surface area contributed by atoms with E-state index in [0.717, 1.165) is 0 Å². The van der Waals surface area contributed by atoms with Gasteiger partial charge < -0.3 is 15.0 Å². The molecule has 0 spiro atoms. The lowest BCUT2D eigenvalue weighted by Crippen LogP contribution is -2.47. The van der Waals surface area contributed by atoms with Crippen LogP contribution in [0.2, 0.25) is 0 Å². The van der Waals surface area contributed by atoms with Crippen LogP contribution >= 0.6 is 0 Å². The van der Waals surface area contributed by atoms with Crippen LogP contribution in [0.15, 0.2) is 0 Å². The van der Waals surface area contributed by atoms with Gasteiger partial charge in [0.1, 0.15) is 11.6 Å². The largest absolute Gasteiger partial charge is 0.444 e. The van der Waals surface area contributed by atoms with Crippen molar-refractivity contribution in [3.8, 4) is 0 Å². The van der Waals surface area contributed by atoms with Crippen molar-refractivity contribution in [2.24, 2.45) is 5.92 Å². The van der Waals surface area contributed by atoms with Gasteiger partial charge in [0, 0.05) is 13.1 Å². The molecule has 2 heterocycles. The van der Waals surface area contributed by atoms with Crippen LogP contribution < -0.4 is 10.6 Å². The molecule has 0 aromatic heterocycles. The highest BCUT2D eigenvalue weighted by atomic mass is 16.6. The Morgan fingerprint density at radius 1 is 1.25 bits per heavy atom. The Morgan fingerprint density at radius 2 is 1.85 bits per heavy atom. The molecule has 4 amide bonds. The van der Waals surface area contributed by atoms with Crippen molar-refractivity contribution in [3.63, 3.8) is 0 Å². The van der Waals surface area contributed by atoms with Crippen LogP contribution in [0.1, 0.15) is 33.6 Å². The Kier molecular flexibility index (Phi) is 3.87. The molecule has 7 heteroatoms. The summed E-state index contributed by atoms with van der Waals surface area (Å²) in [5.41, 5.74) is -0.507. The van der Waals surface area contributed by atoms with Crippen molar-refractivity contribution < 1.29 is 19.1 Å². The summed E-state index contributed by atoms with van der Waals surface area (Å²) in [6.45, 7) is 6.57. The first-order chi connectivity index (χ1) is 9.26. The number of carbonyl (C=O) groups is 3. The van der Waals surface area contributed by atoms with Crippen LogP contribution in [0.3, 0.4) is 0 Å². The molecule has 0 aliphatic carbocycles. The fourth-order valence-corrected chi connectivity index (χ4v) is 2.51. The van der Waals surface area contributed by atoms with Gasteiger partial charge in [-0.3, -0.25) is 10.1 Å². The van der Waals surface area contributed by atoms with Crippen molar-refractivity contribution in [2.45, 2.75) is 45.3 Å². The van der Waals surface area contributed by atoms with E-state index in [-0.39, 0.29) is 17.9 Å².